The number of halogens is 1. The number of hydrazone groups is 1. The van der Waals surface area contributed by atoms with Gasteiger partial charge in [0.25, 0.3) is 11.5 Å². The second-order valence-electron chi connectivity index (χ2n) is 6.98. The Morgan fingerprint density at radius 3 is 2.72 bits per heavy atom. The molecule has 0 unspecified atom stereocenters. The Morgan fingerprint density at radius 1 is 1.12 bits per heavy atom. The summed E-state index contributed by atoms with van der Waals surface area (Å²) in [5.74, 6) is -0.268. The van der Waals surface area contributed by atoms with Crippen LogP contribution in [0.3, 0.4) is 0 Å². The molecule has 6 nitrogen and oxygen atoms in total. The van der Waals surface area contributed by atoms with Crippen LogP contribution in [0, 0.1) is 6.92 Å². The van der Waals surface area contributed by atoms with E-state index >= 15 is 0 Å². The molecule has 1 amide bonds. The van der Waals surface area contributed by atoms with E-state index < -0.39 is 0 Å². The van der Waals surface area contributed by atoms with Gasteiger partial charge in [0.15, 0.2) is 5.16 Å². The number of aryl methyl sites for hydroxylation is 1. The Labute approximate surface area is 194 Å². The van der Waals surface area contributed by atoms with E-state index in [4.69, 9.17) is 11.6 Å². The quantitative estimate of drug-likeness (QED) is 0.197. The molecule has 4 aromatic rings. The maximum Gasteiger partial charge on any atom is 0.266 e. The molecule has 0 spiro atoms. The van der Waals surface area contributed by atoms with Gasteiger partial charge in [-0.3, -0.25) is 14.2 Å². The van der Waals surface area contributed by atoms with Gasteiger partial charge in [-0.15, -0.1) is 0 Å². The van der Waals surface area contributed by atoms with Gasteiger partial charge in [-0.1, -0.05) is 65.8 Å². The minimum atomic E-state index is -0.313. The third-order valence-corrected chi connectivity index (χ3v) is 5.86. The molecule has 8 heteroatoms. The van der Waals surface area contributed by atoms with Crippen LogP contribution in [0.25, 0.3) is 16.6 Å². The van der Waals surface area contributed by atoms with Gasteiger partial charge in [-0.25, -0.2) is 10.4 Å². The molecular formula is C24H19ClN4O2S. The zero-order valence-electron chi connectivity index (χ0n) is 17.2. The van der Waals surface area contributed by atoms with Crippen LogP contribution in [0.4, 0.5) is 0 Å². The molecular weight excluding hydrogens is 444 g/mol. The second-order valence-corrected chi connectivity index (χ2v) is 8.35. The molecule has 32 heavy (non-hydrogen) atoms. The van der Waals surface area contributed by atoms with Crippen molar-refractivity contribution in [1.82, 2.24) is 15.0 Å². The number of thioether (sulfide) groups is 1. The number of rotatable bonds is 6. The van der Waals surface area contributed by atoms with Gasteiger partial charge in [0.2, 0.25) is 0 Å². The average Bonchev–Trinajstić information content (AvgIpc) is 2.79. The van der Waals surface area contributed by atoms with Crippen molar-refractivity contribution in [3.63, 3.8) is 0 Å². The maximum atomic E-state index is 13.3. The molecule has 0 radical (unpaired) electrons. The van der Waals surface area contributed by atoms with E-state index in [9.17, 15) is 9.59 Å². The van der Waals surface area contributed by atoms with Gasteiger partial charge in [-0.2, -0.15) is 5.10 Å². The zero-order chi connectivity index (χ0) is 22.5. The molecule has 0 saturated heterocycles. The van der Waals surface area contributed by atoms with Gasteiger partial charge in [-0.05, 0) is 48.4 Å². The number of fused-ring (bicyclic) bond motifs is 1. The molecule has 160 valence electrons. The van der Waals surface area contributed by atoms with Crippen molar-refractivity contribution in [2.75, 3.05) is 5.75 Å². The van der Waals surface area contributed by atoms with Crippen LogP contribution in [-0.2, 0) is 4.79 Å². The van der Waals surface area contributed by atoms with Crippen LogP contribution in [0.15, 0.2) is 87.8 Å². The molecule has 0 aliphatic heterocycles. The molecule has 1 heterocycles. The SMILES string of the molecule is Cc1ccccc1-n1c(SCC(=O)N/N=C/c2cccc(Cl)c2)nc2ccccc2c1=O. The van der Waals surface area contributed by atoms with E-state index in [1.807, 2.05) is 49.4 Å². The summed E-state index contributed by atoms with van der Waals surface area (Å²) in [5.41, 5.74) is 5.35. The number of hydrogen-bond donors (Lipinski definition) is 1. The Morgan fingerprint density at radius 2 is 1.91 bits per heavy atom. The summed E-state index contributed by atoms with van der Waals surface area (Å²) < 4.78 is 1.56. The molecule has 0 bridgehead atoms. The van der Waals surface area contributed by atoms with Crippen molar-refractivity contribution < 1.29 is 4.79 Å². The lowest BCUT2D eigenvalue weighted by Gasteiger charge is -2.14. The van der Waals surface area contributed by atoms with Gasteiger partial charge in [0.05, 0.1) is 28.6 Å². The third-order valence-electron chi connectivity index (χ3n) is 4.69. The number of nitrogens with zero attached hydrogens (tertiary/aromatic N) is 3. The molecule has 1 aromatic heterocycles. The van der Waals surface area contributed by atoms with E-state index in [0.29, 0.717) is 21.1 Å². The van der Waals surface area contributed by atoms with Crippen LogP contribution >= 0.6 is 23.4 Å². The van der Waals surface area contributed by atoms with Crippen molar-refractivity contribution in [3.8, 4) is 5.69 Å². The maximum absolute atomic E-state index is 13.3. The zero-order valence-corrected chi connectivity index (χ0v) is 18.7. The van der Waals surface area contributed by atoms with E-state index in [1.54, 1.807) is 34.9 Å². The lowest BCUT2D eigenvalue weighted by atomic mass is 10.2. The van der Waals surface area contributed by atoms with Gasteiger partial charge >= 0.3 is 0 Å². The van der Waals surface area contributed by atoms with Crippen molar-refractivity contribution >= 4 is 46.4 Å². The monoisotopic (exact) mass is 462 g/mol. The Bertz CT molecular complexity index is 1380. The number of benzene rings is 3. The van der Waals surface area contributed by atoms with E-state index in [0.717, 1.165) is 16.8 Å². The van der Waals surface area contributed by atoms with E-state index in [-0.39, 0.29) is 17.2 Å². The van der Waals surface area contributed by atoms with Gasteiger partial charge < -0.3 is 0 Å². The average molecular weight is 463 g/mol. The molecule has 0 aliphatic rings. The number of para-hydroxylation sites is 2. The minimum Gasteiger partial charge on any atom is -0.272 e. The summed E-state index contributed by atoms with van der Waals surface area (Å²) in [7, 11) is 0. The number of nitrogens with one attached hydrogen (secondary N) is 1. The normalized spacial score (nSPS) is 11.2. The smallest absolute Gasteiger partial charge is 0.266 e. The largest absolute Gasteiger partial charge is 0.272 e. The van der Waals surface area contributed by atoms with Crippen LogP contribution in [0.5, 0.6) is 0 Å². The first-order valence-electron chi connectivity index (χ1n) is 9.81. The van der Waals surface area contributed by atoms with Crippen molar-refractivity contribution in [2.24, 2.45) is 5.10 Å². The number of aromatic nitrogens is 2. The summed E-state index contributed by atoms with van der Waals surface area (Å²) in [6.45, 7) is 1.93. The highest BCUT2D eigenvalue weighted by molar-refractivity contribution is 7.99. The molecule has 0 atom stereocenters. The summed E-state index contributed by atoms with van der Waals surface area (Å²) in [4.78, 5) is 30.3. The first kappa shape index (κ1) is 21.8. The fourth-order valence-corrected chi connectivity index (χ4v) is 4.16. The molecule has 3 aromatic carbocycles. The van der Waals surface area contributed by atoms with E-state index in [2.05, 4.69) is 15.5 Å². The second kappa shape index (κ2) is 9.80. The minimum absolute atomic E-state index is 0.0452. The Balaban J connectivity index is 1.58. The highest BCUT2D eigenvalue weighted by atomic mass is 35.5. The summed E-state index contributed by atoms with van der Waals surface area (Å²) in [5, 5.41) is 5.53. The number of carbonyl (C=O) groups excluding carboxylic acids is 1. The van der Waals surface area contributed by atoms with Crippen LogP contribution in [-0.4, -0.2) is 27.4 Å². The standard InChI is InChI=1S/C24H19ClN4O2S/c1-16-7-2-5-12-21(16)29-23(31)19-10-3-4-11-20(19)27-24(29)32-15-22(30)28-26-14-17-8-6-9-18(25)13-17/h2-14H,15H2,1H3,(H,28,30)/b26-14+. The Hall–Kier alpha value is -3.42. The van der Waals surface area contributed by atoms with Gasteiger partial charge in [0.1, 0.15) is 0 Å². The topological polar surface area (TPSA) is 76.3 Å². The van der Waals surface area contributed by atoms with Crippen molar-refractivity contribution in [3.05, 3.63) is 99.3 Å². The first-order chi connectivity index (χ1) is 15.5. The summed E-state index contributed by atoms with van der Waals surface area (Å²) >= 11 is 7.13. The first-order valence-corrected chi connectivity index (χ1v) is 11.2. The molecule has 0 fully saturated rings. The summed E-state index contributed by atoms with van der Waals surface area (Å²) in [6.07, 6.45) is 1.52. The van der Waals surface area contributed by atoms with Crippen molar-refractivity contribution in [1.29, 1.82) is 0 Å². The van der Waals surface area contributed by atoms with Crippen LogP contribution in [0.1, 0.15) is 11.1 Å². The number of carbonyl (C=O) groups is 1. The molecule has 4 rings (SSSR count). The number of hydrogen-bond acceptors (Lipinski definition) is 5. The van der Waals surface area contributed by atoms with Crippen LogP contribution < -0.4 is 11.0 Å². The molecule has 0 saturated carbocycles. The Kier molecular flexibility index (Phi) is 6.68. The fourth-order valence-electron chi connectivity index (χ4n) is 3.16. The predicted molar refractivity (Wildman–Crippen MR) is 130 cm³/mol. The lowest BCUT2D eigenvalue weighted by molar-refractivity contribution is -0.118. The van der Waals surface area contributed by atoms with Crippen molar-refractivity contribution in [2.45, 2.75) is 12.1 Å². The number of amides is 1. The van der Waals surface area contributed by atoms with Crippen LogP contribution in [0.2, 0.25) is 5.02 Å². The molecule has 1 N–H and O–H groups in total. The molecule has 0 aliphatic carbocycles. The third kappa shape index (κ3) is 4.90. The highest BCUT2D eigenvalue weighted by Gasteiger charge is 2.15. The van der Waals surface area contributed by atoms with E-state index in [1.165, 1.54) is 18.0 Å². The summed E-state index contributed by atoms with van der Waals surface area (Å²) in [6, 6.07) is 21.9. The highest BCUT2D eigenvalue weighted by Crippen LogP contribution is 2.23. The lowest BCUT2D eigenvalue weighted by Crippen LogP contribution is -2.24. The van der Waals surface area contributed by atoms with Gasteiger partial charge in [0, 0.05) is 5.02 Å². The predicted octanol–water partition coefficient (Wildman–Crippen LogP) is 4.59. The fraction of sp³-hybridized carbons (Fsp3) is 0.0833.